The SMILES string of the molecule is CCNC(c1ccc(Cl)cn1)C1CCCOC1. The van der Waals surface area contributed by atoms with Gasteiger partial charge in [-0.1, -0.05) is 18.5 Å². The van der Waals surface area contributed by atoms with Gasteiger partial charge in [-0.15, -0.1) is 0 Å². The van der Waals surface area contributed by atoms with E-state index < -0.39 is 0 Å². The first kappa shape index (κ1) is 12.8. The molecule has 1 aromatic rings. The number of ether oxygens (including phenoxy) is 1. The summed E-state index contributed by atoms with van der Waals surface area (Å²) in [5.41, 5.74) is 1.06. The van der Waals surface area contributed by atoms with Gasteiger partial charge < -0.3 is 10.1 Å². The minimum Gasteiger partial charge on any atom is -0.381 e. The van der Waals surface area contributed by atoms with E-state index in [1.165, 1.54) is 6.42 Å². The second-order valence-corrected chi connectivity index (χ2v) is 4.85. The molecule has 0 aliphatic carbocycles. The van der Waals surface area contributed by atoms with Crippen molar-refractivity contribution in [1.29, 1.82) is 0 Å². The minimum atomic E-state index is 0.276. The zero-order valence-electron chi connectivity index (χ0n) is 10.2. The molecule has 2 atom stereocenters. The third-order valence-corrected chi connectivity index (χ3v) is 3.38. The summed E-state index contributed by atoms with van der Waals surface area (Å²) in [5, 5.41) is 4.19. The zero-order valence-corrected chi connectivity index (χ0v) is 10.9. The third kappa shape index (κ3) is 3.41. The molecule has 17 heavy (non-hydrogen) atoms. The van der Waals surface area contributed by atoms with Crippen LogP contribution in [-0.4, -0.2) is 24.7 Å². The minimum absolute atomic E-state index is 0.276. The smallest absolute Gasteiger partial charge is 0.0589 e. The molecule has 0 saturated carbocycles. The van der Waals surface area contributed by atoms with Gasteiger partial charge in [-0.3, -0.25) is 4.98 Å². The molecule has 0 spiro atoms. The average molecular weight is 255 g/mol. The Hall–Kier alpha value is -0.640. The fourth-order valence-electron chi connectivity index (χ4n) is 2.33. The fourth-order valence-corrected chi connectivity index (χ4v) is 2.44. The highest BCUT2D eigenvalue weighted by Gasteiger charge is 2.25. The Morgan fingerprint density at radius 3 is 3.06 bits per heavy atom. The Bertz CT molecular complexity index is 336. The van der Waals surface area contributed by atoms with Crippen molar-refractivity contribution in [2.75, 3.05) is 19.8 Å². The fraction of sp³-hybridized carbons (Fsp3) is 0.615. The third-order valence-electron chi connectivity index (χ3n) is 3.16. The Balaban J connectivity index is 2.12. The Morgan fingerprint density at radius 1 is 1.59 bits per heavy atom. The topological polar surface area (TPSA) is 34.2 Å². The summed E-state index contributed by atoms with van der Waals surface area (Å²) in [6.07, 6.45) is 4.05. The zero-order chi connectivity index (χ0) is 12.1. The van der Waals surface area contributed by atoms with E-state index in [2.05, 4.69) is 17.2 Å². The van der Waals surface area contributed by atoms with Gasteiger partial charge in [0.05, 0.1) is 23.4 Å². The summed E-state index contributed by atoms with van der Waals surface area (Å²) in [6, 6.07) is 4.18. The molecule has 0 bridgehead atoms. The van der Waals surface area contributed by atoms with Gasteiger partial charge in [-0.2, -0.15) is 0 Å². The number of hydrogen-bond acceptors (Lipinski definition) is 3. The van der Waals surface area contributed by atoms with E-state index in [9.17, 15) is 0 Å². The molecule has 0 radical (unpaired) electrons. The molecule has 4 heteroatoms. The molecular formula is C13H19ClN2O. The Labute approximate surface area is 108 Å². The van der Waals surface area contributed by atoms with Gasteiger partial charge >= 0.3 is 0 Å². The van der Waals surface area contributed by atoms with Gasteiger partial charge in [0.2, 0.25) is 0 Å². The number of nitrogens with one attached hydrogen (secondary N) is 1. The number of aromatic nitrogens is 1. The molecule has 1 N–H and O–H groups in total. The number of nitrogens with zero attached hydrogens (tertiary/aromatic N) is 1. The maximum Gasteiger partial charge on any atom is 0.0589 e. The predicted molar refractivity (Wildman–Crippen MR) is 69.2 cm³/mol. The van der Waals surface area contributed by atoms with Crippen LogP contribution in [0.1, 0.15) is 31.5 Å². The van der Waals surface area contributed by atoms with Crippen molar-refractivity contribution < 1.29 is 4.74 Å². The molecule has 0 amide bonds. The monoisotopic (exact) mass is 254 g/mol. The molecule has 1 fully saturated rings. The van der Waals surface area contributed by atoms with Crippen LogP contribution in [0.2, 0.25) is 5.02 Å². The van der Waals surface area contributed by atoms with Crippen molar-refractivity contribution in [3.8, 4) is 0 Å². The molecule has 2 rings (SSSR count). The molecule has 1 aromatic heterocycles. The van der Waals surface area contributed by atoms with Crippen LogP contribution in [0, 0.1) is 5.92 Å². The van der Waals surface area contributed by atoms with Crippen LogP contribution in [0.4, 0.5) is 0 Å². The summed E-state index contributed by atoms with van der Waals surface area (Å²) in [6.45, 7) is 4.77. The Morgan fingerprint density at radius 2 is 2.47 bits per heavy atom. The normalized spacial score (nSPS) is 22.4. The van der Waals surface area contributed by atoms with Crippen LogP contribution in [0.3, 0.4) is 0 Å². The second kappa shape index (κ2) is 6.34. The number of rotatable bonds is 4. The number of halogens is 1. The molecule has 3 nitrogen and oxygen atoms in total. The van der Waals surface area contributed by atoms with Crippen LogP contribution in [0.25, 0.3) is 0 Å². The average Bonchev–Trinajstić information content (AvgIpc) is 2.38. The molecule has 94 valence electrons. The van der Waals surface area contributed by atoms with Crippen LogP contribution in [-0.2, 0) is 4.74 Å². The molecule has 2 unspecified atom stereocenters. The largest absolute Gasteiger partial charge is 0.381 e. The summed E-state index contributed by atoms with van der Waals surface area (Å²) in [7, 11) is 0. The lowest BCUT2D eigenvalue weighted by molar-refractivity contribution is 0.0386. The summed E-state index contributed by atoms with van der Waals surface area (Å²) < 4.78 is 5.56. The number of pyridine rings is 1. The maximum atomic E-state index is 5.87. The van der Waals surface area contributed by atoms with Gasteiger partial charge in [0.15, 0.2) is 0 Å². The lowest BCUT2D eigenvalue weighted by Crippen LogP contribution is -2.33. The molecule has 1 aliphatic rings. The van der Waals surface area contributed by atoms with Crippen molar-refractivity contribution in [2.24, 2.45) is 5.92 Å². The van der Waals surface area contributed by atoms with Crippen molar-refractivity contribution in [2.45, 2.75) is 25.8 Å². The van der Waals surface area contributed by atoms with E-state index in [0.717, 1.165) is 31.9 Å². The van der Waals surface area contributed by atoms with E-state index in [-0.39, 0.29) is 6.04 Å². The quantitative estimate of drug-likeness (QED) is 0.897. The van der Waals surface area contributed by atoms with Crippen LogP contribution in [0.15, 0.2) is 18.3 Å². The van der Waals surface area contributed by atoms with E-state index >= 15 is 0 Å². The van der Waals surface area contributed by atoms with Gasteiger partial charge in [-0.25, -0.2) is 0 Å². The Kier molecular flexibility index (Phi) is 4.77. The highest BCUT2D eigenvalue weighted by molar-refractivity contribution is 6.30. The lowest BCUT2D eigenvalue weighted by atomic mass is 9.91. The maximum absolute atomic E-state index is 5.87. The van der Waals surface area contributed by atoms with Crippen molar-refractivity contribution in [1.82, 2.24) is 10.3 Å². The van der Waals surface area contributed by atoms with Gasteiger partial charge in [0.25, 0.3) is 0 Å². The van der Waals surface area contributed by atoms with Crippen LogP contribution >= 0.6 is 11.6 Å². The molecular weight excluding hydrogens is 236 g/mol. The van der Waals surface area contributed by atoms with Gasteiger partial charge in [0, 0.05) is 18.7 Å². The van der Waals surface area contributed by atoms with Crippen molar-refractivity contribution >= 4 is 11.6 Å². The van der Waals surface area contributed by atoms with Crippen molar-refractivity contribution in [3.63, 3.8) is 0 Å². The second-order valence-electron chi connectivity index (χ2n) is 4.41. The van der Waals surface area contributed by atoms with E-state index in [0.29, 0.717) is 10.9 Å². The van der Waals surface area contributed by atoms with E-state index in [1.807, 2.05) is 12.1 Å². The molecule has 1 saturated heterocycles. The molecule has 0 aromatic carbocycles. The first-order valence-electron chi connectivity index (χ1n) is 6.24. The lowest BCUT2D eigenvalue weighted by Gasteiger charge is -2.30. The van der Waals surface area contributed by atoms with E-state index in [4.69, 9.17) is 16.3 Å². The number of hydrogen-bond donors (Lipinski definition) is 1. The van der Waals surface area contributed by atoms with Crippen LogP contribution in [0.5, 0.6) is 0 Å². The van der Waals surface area contributed by atoms with Gasteiger partial charge in [0.1, 0.15) is 0 Å². The van der Waals surface area contributed by atoms with Gasteiger partial charge in [-0.05, 0) is 31.5 Å². The molecule has 2 heterocycles. The highest BCUT2D eigenvalue weighted by Crippen LogP contribution is 2.28. The van der Waals surface area contributed by atoms with E-state index in [1.54, 1.807) is 6.20 Å². The first-order valence-corrected chi connectivity index (χ1v) is 6.61. The summed E-state index contributed by atoms with van der Waals surface area (Å²) in [4.78, 5) is 4.42. The summed E-state index contributed by atoms with van der Waals surface area (Å²) >= 11 is 5.87. The summed E-state index contributed by atoms with van der Waals surface area (Å²) in [5.74, 6) is 0.511. The predicted octanol–water partition coefficient (Wildman–Crippen LogP) is 2.81. The van der Waals surface area contributed by atoms with Crippen molar-refractivity contribution in [3.05, 3.63) is 29.0 Å². The highest BCUT2D eigenvalue weighted by atomic mass is 35.5. The molecule has 1 aliphatic heterocycles. The standard InChI is InChI=1S/C13H19ClN2O/c1-2-15-13(10-4-3-7-17-9-10)12-6-5-11(14)8-16-12/h5-6,8,10,13,15H,2-4,7,9H2,1H3. The first-order chi connectivity index (χ1) is 8.31. The van der Waals surface area contributed by atoms with Crippen LogP contribution < -0.4 is 5.32 Å².